The zero-order chi connectivity index (χ0) is 8.91. The molecule has 0 aliphatic carbocycles. The third-order valence-corrected chi connectivity index (χ3v) is 2.38. The van der Waals surface area contributed by atoms with Gasteiger partial charge < -0.3 is 4.74 Å². The molecule has 1 atom stereocenters. The number of ether oxygens (including phenoxy) is 1. The van der Waals surface area contributed by atoms with Gasteiger partial charge in [0.25, 0.3) is 0 Å². The van der Waals surface area contributed by atoms with Crippen LogP contribution < -0.4 is 0 Å². The Bertz CT molecular complexity index is 104. The molecule has 0 rings (SSSR count). The van der Waals surface area contributed by atoms with Crippen LogP contribution in [0.25, 0.3) is 0 Å². The largest absolute Gasteiger partial charge is 0.364 e. The van der Waals surface area contributed by atoms with Crippen molar-refractivity contribution < 1.29 is 4.74 Å². The van der Waals surface area contributed by atoms with Crippen molar-refractivity contribution in [3.05, 3.63) is 0 Å². The van der Waals surface area contributed by atoms with Crippen molar-refractivity contribution >= 4 is 0 Å². The summed E-state index contributed by atoms with van der Waals surface area (Å²) in [5.41, 5.74) is -0.0734. The molecule has 0 aromatic carbocycles. The van der Waals surface area contributed by atoms with E-state index in [0.717, 1.165) is 6.42 Å². The van der Waals surface area contributed by atoms with Gasteiger partial charge in [0.1, 0.15) is 5.72 Å². The van der Waals surface area contributed by atoms with Crippen LogP contribution in [-0.4, -0.2) is 31.8 Å². The molecule has 0 aromatic heterocycles. The second-order valence-electron chi connectivity index (χ2n) is 3.38. The van der Waals surface area contributed by atoms with Gasteiger partial charge in [0.2, 0.25) is 0 Å². The van der Waals surface area contributed by atoms with Gasteiger partial charge in [-0.2, -0.15) is 0 Å². The number of hydrogen-bond acceptors (Lipinski definition) is 2. The van der Waals surface area contributed by atoms with Gasteiger partial charge >= 0.3 is 0 Å². The van der Waals surface area contributed by atoms with Crippen molar-refractivity contribution in [1.29, 1.82) is 0 Å². The fraction of sp³-hybridized carbons (Fsp3) is 1.00. The predicted molar refractivity (Wildman–Crippen MR) is 48.6 cm³/mol. The number of nitrogens with zero attached hydrogens (tertiary/aromatic N) is 1. The van der Waals surface area contributed by atoms with Crippen LogP contribution in [-0.2, 0) is 4.74 Å². The summed E-state index contributed by atoms with van der Waals surface area (Å²) >= 11 is 0. The molecule has 0 bridgehead atoms. The molecule has 0 heterocycles. The van der Waals surface area contributed by atoms with Crippen molar-refractivity contribution in [3.63, 3.8) is 0 Å². The van der Waals surface area contributed by atoms with Crippen LogP contribution in [0, 0.1) is 0 Å². The zero-order valence-electron chi connectivity index (χ0n) is 8.48. The number of unbranched alkanes of at least 4 members (excludes halogenated alkanes) is 1. The van der Waals surface area contributed by atoms with Crippen LogP contribution in [0.2, 0.25) is 0 Å². The molecule has 0 aliphatic heterocycles. The average molecular weight is 159 g/mol. The highest BCUT2D eigenvalue weighted by Crippen LogP contribution is 2.19. The molecule has 2 nitrogen and oxygen atoms in total. The van der Waals surface area contributed by atoms with Gasteiger partial charge in [0.15, 0.2) is 0 Å². The van der Waals surface area contributed by atoms with E-state index >= 15 is 0 Å². The molecule has 0 saturated heterocycles. The highest BCUT2D eigenvalue weighted by molar-refractivity contribution is 4.70. The number of methoxy groups -OCH3 is 1. The van der Waals surface area contributed by atoms with E-state index in [1.54, 1.807) is 7.11 Å². The molecular formula is C9H21NO. The monoisotopic (exact) mass is 159 g/mol. The fourth-order valence-corrected chi connectivity index (χ4v) is 1.01. The predicted octanol–water partition coefficient (Wildman–Crippen LogP) is 2.10. The first kappa shape index (κ1) is 10.9. The average Bonchev–Trinajstić information content (AvgIpc) is 2.00. The van der Waals surface area contributed by atoms with E-state index in [1.807, 2.05) is 0 Å². The Hall–Kier alpha value is -0.0800. The van der Waals surface area contributed by atoms with E-state index < -0.39 is 0 Å². The summed E-state index contributed by atoms with van der Waals surface area (Å²) in [5, 5.41) is 0. The van der Waals surface area contributed by atoms with Gasteiger partial charge in [0.05, 0.1) is 0 Å². The Morgan fingerprint density at radius 3 is 2.18 bits per heavy atom. The Morgan fingerprint density at radius 1 is 1.36 bits per heavy atom. The summed E-state index contributed by atoms with van der Waals surface area (Å²) in [5.74, 6) is 0. The molecule has 1 unspecified atom stereocenters. The van der Waals surface area contributed by atoms with Crippen LogP contribution >= 0.6 is 0 Å². The van der Waals surface area contributed by atoms with Crippen LogP contribution in [0.5, 0.6) is 0 Å². The smallest absolute Gasteiger partial charge is 0.117 e. The summed E-state index contributed by atoms with van der Waals surface area (Å²) in [6.45, 7) is 4.33. The second-order valence-corrected chi connectivity index (χ2v) is 3.38. The summed E-state index contributed by atoms with van der Waals surface area (Å²) in [6.07, 6.45) is 3.56. The SMILES string of the molecule is CCCCC(C)(OC)N(C)C. The van der Waals surface area contributed by atoms with Gasteiger partial charge in [-0.05, 0) is 33.9 Å². The molecule has 0 N–H and O–H groups in total. The Balaban J connectivity index is 3.88. The zero-order valence-corrected chi connectivity index (χ0v) is 8.48. The quantitative estimate of drug-likeness (QED) is 0.570. The third kappa shape index (κ3) is 3.21. The van der Waals surface area contributed by atoms with Gasteiger partial charge in [-0.15, -0.1) is 0 Å². The first-order valence-electron chi connectivity index (χ1n) is 4.29. The molecule has 0 amide bonds. The summed E-state index contributed by atoms with van der Waals surface area (Å²) in [4.78, 5) is 2.13. The maximum atomic E-state index is 5.43. The Morgan fingerprint density at radius 2 is 1.91 bits per heavy atom. The lowest BCUT2D eigenvalue weighted by molar-refractivity contribution is -0.106. The summed E-state index contributed by atoms with van der Waals surface area (Å²) in [7, 11) is 5.88. The van der Waals surface area contributed by atoms with Crippen molar-refractivity contribution in [2.75, 3.05) is 21.2 Å². The van der Waals surface area contributed by atoms with Crippen molar-refractivity contribution in [1.82, 2.24) is 4.90 Å². The standard InChI is InChI=1S/C9H21NO/c1-6-7-8-9(2,11-5)10(3)4/h6-8H2,1-5H3. The molecule has 0 aliphatic rings. The highest BCUT2D eigenvalue weighted by atomic mass is 16.5. The van der Waals surface area contributed by atoms with E-state index in [0.29, 0.717) is 0 Å². The van der Waals surface area contributed by atoms with Crippen LogP contribution in [0.15, 0.2) is 0 Å². The normalized spacial score (nSPS) is 16.9. The minimum Gasteiger partial charge on any atom is -0.364 e. The van der Waals surface area contributed by atoms with E-state index in [2.05, 4.69) is 32.8 Å². The molecule has 2 heteroatoms. The minimum absolute atomic E-state index is 0.0734. The summed E-state index contributed by atoms with van der Waals surface area (Å²) in [6, 6.07) is 0. The maximum Gasteiger partial charge on any atom is 0.117 e. The van der Waals surface area contributed by atoms with Crippen LogP contribution in [0.1, 0.15) is 33.1 Å². The molecule has 11 heavy (non-hydrogen) atoms. The highest BCUT2D eigenvalue weighted by Gasteiger charge is 2.24. The fourth-order valence-electron chi connectivity index (χ4n) is 1.01. The first-order chi connectivity index (χ1) is 5.06. The molecule has 0 fully saturated rings. The lowest BCUT2D eigenvalue weighted by Gasteiger charge is -2.35. The topological polar surface area (TPSA) is 12.5 Å². The third-order valence-electron chi connectivity index (χ3n) is 2.38. The van der Waals surface area contributed by atoms with E-state index in [4.69, 9.17) is 4.74 Å². The Kier molecular flexibility index (Phi) is 4.69. The van der Waals surface area contributed by atoms with Gasteiger partial charge in [-0.3, -0.25) is 4.90 Å². The summed E-state index contributed by atoms with van der Waals surface area (Å²) < 4.78 is 5.43. The molecule has 0 saturated carbocycles. The van der Waals surface area contributed by atoms with Crippen molar-refractivity contribution in [2.24, 2.45) is 0 Å². The van der Waals surface area contributed by atoms with Gasteiger partial charge in [-0.25, -0.2) is 0 Å². The van der Waals surface area contributed by atoms with Crippen LogP contribution in [0.4, 0.5) is 0 Å². The number of rotatable bonds is 5. The molecule has 0 aromatic rings. The first-order valence-corrected chi connectivity index (χ1v) is 4.29. The van der Waals surface area contributed by atoms with Gasteiger partial charge in [0, 0.05) is 7.11 Å². The molecule has 0 spiro atoms. The van der Waals surface area contributed by atoms with Crippen molar-refractivity contribution in [3.8, 4) is 0 Å². The molecule has 68 valence electrons. The van der Waals surface area contributed by atoms with E-state index in [1.165, 1.54) is 12.8 Å². The lowest BCUT2D eigenvalue weighted by atomic mass is 10.1. The lowest BCUT2D eigenvalue weighted by Crippen LogP contribution is -2.42. The number of hydrogen-bond donors (Lipinski definition) is 0. The van der Waals surface area contributed by atoms with Crippen LogP contribution in [0.3, 0.4) is 0 Å². The van der Waals surface area contributed by atoms with E-state index in [-0.39, 0.29) is 5.72 Å². The second kappa shape index (κ2) is 4.73. The van der Waals surface area contributed by atoms with Gasteiger partial charge in [-0.1, -0.05) is 13.3 Å². The molecular weight excluding hydrogens is 138 g/mol. The Labute approximate surface area is 70.5 Å². The van der Waals surface area contributed by atoms with Crippen molar-refractivity contribution in [2.45, 2.75) is 38.8 Å². The van der Waals surface area contributed by atoms with E-state index in [9.17, 15) is 0 Å². The minimum atomic E-state index is -0.0734. The molecule has 0 radical (unpaired) electrons. The maximum absolute atomic E-state index is 5.43.